The smallest absolute Gasteiger partial charge is 0.185 e. The molecule has 2 aromatic heterocycles. The molecule has 0 fully saturated rings. The molecule has 2 heterocycles. The van der Waals surface area contributed by atoms with Crippen molar-refractivity contribution >= 4 is 11.6 Å². The summed E-state index contributed by atoms with van der Waals surface area (Å²) in [6, 6.07) is 46.4. The second-order valence-electron chi connectivity index (χ2n) is 16.5. The number of carbonyl (C=O) groups excluding carboxylic acids is 2. The summed E-state index contributed by atoms with van der Waals surface area (Å²) in [6.45, 7) is 7.06. The molecule has 0 saturated carbocycles. The zero-order valence-corrected chi connectivity index (χ0v) is 39.6. The summed E-state index contributed by atoms with van der Waals surface area (Å²) < 4.78 is 32.7. The lowest BCUT2D eigenvalue weighted by Crippen LogP contribution is -2.27. The summed E-state index contributed by atoms with van der Waals surface area (Å²) in [6.07, 6.45) is -2.54. The molecule has 0 aliphatic heterocycles. The molecule has 9 N–H and O–H groups in total. The zero-order valence-electron chi connectivity index (χ0n) is 39.6. The van der Waals surface area contributed by atoms with Crippen molar-refractivity contribution in [1.29, 1.82) is 5.26 Å². The van der Waals surface area contributed by atoms with Crippen LogP contribution in [0.5, 0.6) is 0 Å². The minimum atomic E-state index is -1.06. The lowest BCUT2D eigenvalue weighted by molar-refractivity contribution is 0.0975. The Morgan fingerprint density at radius 2 is 1.04 bits per heavy atom. The van der Waals surface area contributed by atoms with Gasteiger partial charge in [-0.1, -0.05) is 103 Å². The van der Waals surface area contributed by atoms with E-state index in [2.05, 4.69) is 21.6 Å². The molecule has 364 valence electrons. The number of ketones is 2. The molecule has 8 rings (SSSR count). The van der Waals surface area contributed by atoms with Crippen molar-refractivity contribution in [2.45, 2.75) is 45.4 Å². The van der Waals surface area contributed by atoms with Gasteiger partial charge in [0.1, 0.15) is 35.2 Å². The first-order chi connectivity index (χ1) is 34.4. The monoisotopic (exact) mass is 957 g/mol. The molecular formula is C56H57F2N9O4. The lowest BCUT2D eigenvalue weighted by Gasteiger charge is -2.17. The van der Waals surface area contributed by atoms with Gasteiger partial charge in [-0.15, -0.1) is 0 Å². The number of nitrogens with two attached hydrogens (primary N) is 3. The number of rotatable bonds is 17. The highest BCUT2D eigenvalue weighted by Crippen LogP contribution is 2.30. The first kappa shape index (κ1) is 52.6. The SMILES string of the molecule is Cc1cc(C(=O)Cc2c(F)cccc2C(O)c2ccccc2)n(-c2cccc(C#N)c2)n1.Cc1cc(C(=O)Cc2c(F)cccc2C(O)c2ccccc2)n(-c2cccc(CN)c2)n1.NCCNCCN. The predicted molar refractivity (Wildman–Crippen MR) is 270 cm³/mol. The van der Waals surface area contributed by atoms with Crippen molar-refractivity contribution in [3.05, 3.63) is 237 Å². The molecule has 0 radical (unpaired) electrons. The van der Waals surface area contributed by atoms with Crippen LogP contribution in [0.1, 0.15) is 89.1 Å². The van der Waals surface area contributed by atoms with Gasteiger partial charge in [0.05, 0.1) is 34.4 Å². The van der Waals surface area contributed by atoms with Crippen molar-refractivity contribution in [2.24, 2.45) is 17.2 Å². The largest absolute Gasteiger partial charge is 0.384 e. The molecular weight excluding hydrogens is 901 g/mol. The van der Waals surface area contributed by atoms with E-state index in [1.165, 1.54) is 28.9 Å². The lowest BCUT2D eigenvalue weighted by atomic mass is 9.93. The minimum absolute atomic E-state index is 0.144. The van der Waals surface area contributed by atoms with Crippen molar-refractivity contribution < 1.29 is 28.6 Å². The predicted octanol–water partition coefficient (Wildman–Crippen LogP) is 7.48. The summed E-state index contributed by atoms with van der Waals surface area (Å²) in [5.41, 5.74) is 22.9. The number of nitrogens with zero attached hydrogens (tertiary/aromatic N) is 5. The number of hydrogen-bond donors (Lipinski definition) is 6. The number of nitriles is 1. The van der Waals surface area contributed by atoms with E-state index in [4.69, 9.17) is 17.2 Å². The molecule has 2 unspecified atom stereocenters. The maximum absolute atomic E-state index is 14.8. The van der Waals surface area contributed by atoms with E-state index >= 15 is 0 Å². The standard InChI is InChI=1S/C26H24FN3O2.C26H20FN3O2.C4H13N3/c2*1-17-13-24(30(29-17)20-10-5-7-18(14-20)16-28)25(31)15-22-21(11-6-12-23(22)27)26(32)19-8-3-2-4-9-19;5-1-3-7-4-2-6/h2-14,26,32H,15-16,28H2,1H3;2-14,26,32H,15H2,1H3;7H,1-6H2. The van der Waals surface area contributed by atoms with E-state index in [0.29, 0.717) is 75.9 Å². The van der Waals surface area contributed by atoms with Gasteiger partial charge in [-0.25, -0.2) is 18.1 Å². The highest BCUT2D eigenvalue weighted by molar-refractivity contribution is 5.97. The Morgan fingerprint density at radius 1 is 0.606 bits per heavy atom. The highest BCUT2D eigenvalue weighted by atomic mass is 19.1. The van der Waals surface area contributed by atoms with Gasteiger partial charge in [-0.2, -0.15) is 15.5 Å². The van der Waals surface area contributed by atoms with Gasteiger partial charge in [0.15, 0.2) is 11.6 Å². The van der Waals surface area contributed by atoms with Gasteiger partial charge in [0, 0.05) is 56.7 Å². The van der Waals surface area contributed by atoms with Crippen LogP contribution in [0.4, 0.5) is 8.78 Å². The third-order valence-corrected chi connectivity index (χ3v) is 11.3. The number of benzene rings is 6. The molecule has 2 atom stereocenters. The van der Waals surface area contributed by atoms with Gasteiger partial charge in [0.25, 0.3) is 0 Å². The number of carbonyl (C=O) groups is 2. The molecule has 6 aromatic carbocycles. The number of nitrogens with one attached hydrogen (secondary N) is 1. The number of aliphatic hydroxyl groups excluding tert-OH is 2. The number of aliphatic hydroxyl groups is 2. The molecule has 0 amide bonds. The van der Waals surface area contributed by atoms with Gasteiger partial charge >= 0.3 is 0 Å². The van der Waals surface area contributed by atoms with Crippen LogP contribution in [0.3, 0.4) is 0 Å². The van der Waals surface area contributed by atoms with Gasteiger partial charge in [-0.3, -0.25) is 9.59 Å². The third-order valence-electron chi connectivity index (χ3n) is 11.3. The summed E-state index contributed by atoms with van der Waals surface area (Å²) in [4.78, 5) is 26.6. The van der Waals surface area contributed by atoms with Gasteiger partial charge < -0.3 is 32.7 Å². The fourth-order valence-corrected chi connectivity index (χ4v) is 7.81. The Balaban J connectivity index is 0.000000205. The highest BCUT2D eigenvalue weighted by Gasteiger charge is 2.25. The normalized spacial score (nSPS) is 11.6. The van der Waals surface area contributed by atoms with Crippen molar-refractivity contribution in [2.75, 3.05) is 26.2 Å². The van der Waals surface area contributed by atoms with Crippen LogP contribution in [-0.4, -0.2) is 67.5 Å². The van der Waals surface area contributed by atoms with Crippen molar-refractivity contribution in [3.8, 4) is 17.4 Å². The fraction of sp³-hybridized carbons (Fsp3) is 0.196. The number of halogens is 2. The Bertz CT molecular complexity index is 3080. The average Bonchev–Trinajstić information content (AvgIpc) is 4.00. The topological polar surface area (TPSA) is 224 Å². The fourth-order valence-electron chi connectivity index (χ4n) is 7.81. The summed E-state index contributed by atoms with van der Waals surface area (Å²) in [7, 11) is 0. The van der Waals surface area contributed by atoms with E-state index in [0.717, 1.165) is 18.7 Å². The Hall–Kier alpha value is -7.81. The van der Waals surface area contributed by atoms with E-state index in [1.807, 2.05) is 36.4 Å². The first-order valence-corrected chi connectivity index (χ1v) is 23.0. The van der Waals surface area contributed by atoms with Gasteiger partial charge in [0.2, 0.25) is 0 Å². The third kappa shape index (κ3) is 13.7. The van der Waals surface area contributed by atoms with E-state index in [1.54, 1.807) is 116 Å². The second-order valence-corrected chi connectivity index (χ2v) is 16.5. The molecule has 13 nitrogen and oxygen atoms in total. The molecule has 15 heteroatoms. The zero-order chi connectivity index (χ0) is 50.9. The number of aromatic nitrogens is 4. The number of hydrogen-bond acceptors (Lipinski definition) is 11. The van der Waals surface area contributed by atoms with Crippen LogP contribution >= 0.6 is 0 Å². The van der Waals surface area contributed by atoms with Gasteiger partial charge in [-0.05, 0) is 96.3 Å². The number of Topliss-reactive ketones (excluding diaryl/α,β-unsaturated/α-hetero) is 2. The molecule has 0 saturated heterocycles. The Labute approximate surface area is 411 Å². The van der Waals surface area contributed by atoms with Crippen LogP contribution in [0.2, 0.25) is 0 Å². The second kappa shape index (κ2) is 25.7. The molecule has 71 heavy (non-hydrogen) atoms. The average molecular weight is 958 g/mol. The maximum Gasteiger partial charge on any atom is 0.185 e. The van der Waals surface area contributed by atoms with E-state index < -0.39 is 23.8 Å². The molecule has 0 spiro atoms. The van der Waals surface area contributed by atoms with E-state index in [-0.39, 0.29) is 41.2 Å². The molecule has 0 aliphatic carbocycles. The van der Waals surface area contributed by atoms with Crippen LogP contribution < -0.4 is 22.5 Å². The van der Waals surface area contributed by atoms with Crippen LogP contribution in [0, 0.1) is 36.8 Å². The van der Waals surface area contributed by atoms with E-state index in [9.17, 15) is 33.8 Å². The van der Waals surface area contributed by atoms with Crippen molar-refractivity contribution in [3.63, 3.8) is 0 Å². The quantitative estimate of drug-likeness (QED) is 0.0388. The summed E-state index contributed by atoms with van der Waals surface area (Å²) >= 11 is 0. The number of aryl methyl sites for hydroxylation is 2. The van der Waals surface area contributed by atoms with Crippen LogP contribution in [-0.2, 0) is 19.4 Å². The maximum atomic E-state index is 14.8. The van der Waals surface area contributed by atoms with Crippen LogP contribution in [0.15, 0.2) is 158 Å². The summed E-state index contributed by atoms with van der Waals surface area (Å²) in [5, 5.41) is 42.8. The van der Waals surface area contributed by atoms with Crippen molar-refractivity contribution in [1.82, 2.24) is 24.9 Å². The van der Waals surface area contributed by atoms with Crippen LogP contribution in [0.25, 0.3) is 11.4 Å². The first-order valence-electron chi connectivity index (χ1n) is 23.0. The molecule has 8 aromatic rings. The molecule has 0 bridgehead atoms. The molecule has 0 aliphatic rings. The minimum Gasteiger partial charge on any atom is -0.384 e. The Morgan fingerprint density at radius 3 is 1.48 bits per heavy atom. The Kier molecular flexibility index (Phi) is 19.0. The summed E-state index contributed by atoms with van der Waals surface area (Å²) in [5.74, 6) is -1.73.